The Kier molecular flexibility index (Phi) is 3.09. The SMILES string of the molecule is CN=C(C(C)=O)C(C)N. The van der Waals surface area contributed by atoms with Crippen molar-refractivity contribution in [3.05, 3.63) is 0 Å². The lowest BCUT2D eigenvalue weighted by atomic mass is 10.1. The van der Waals surface area contributed by atoms with Crippen molar-refractivity contribution >= 4 is 11.5 Å². The third kappa shape index (κ3) is 2.37. The Morgan fingerprint density at radius 2 is 2.11 bits per heavy atom. The Morgan fingerprint density at radius 1 is 1.67 bits per heavy atom. The second kappa shape index (κ2) is 3.35. The van der Waals surface area contributed by atoms with E-state index in [1.165, 1.54) is 6.92 Å². The molecule has 0 aliphatic heterocycles. The van der Waals surface area contributed by atoms with Crippen molar-refractivity contribution in [1.29, 1.82) is 0 Å². The largest absolute Gasteiger partial charge is 0.323 e. The molecule has 2 N–H and O–H groups in total. The van der Waals surface area contributed by atoms with Crippen LogP contribution in [0.5, 0.6) is 0 Å². The molecule has 52 valence electrons. The van der Waals surface area contributed by atoms with Gasteiger partial charge < -0.3 is 5.73 Å². The van der Waals surface area contributed by atoms with Gasteiger partial charge in [-0.25, -0.2) is 0 Å². The maximum atomic E-state index is 10.6. The molecule has 3 heteroatoms. The molecule has 0 rings (SSSR count). The fourth-order valence-corrected chi connectivity index (χ4v) is 0.682. The van der Waals surface area contributed by atoms with E-state index in [1.54, 1.807) is 14.0 Å². The standard InChI is InChI=1S/C6H12N2O/c1-4(7)6(8-3)5(2)9/h4H,7H2,1-3H3. The van der Waals surface area contributed by atoms with Crippen LogP contribution in [0.3, 0.4) is 0 Å². The number of rotatable bonds is 2. The maximum absolute atomic E-state index is 10.6. The van der Waals surface area contributed by atoms with E-state index >= 15 is 0 Å². The highest BCUT2D eigenvalue weighted by molar-refractivity contribution is 6.40. The average Bonchev–Trinajstić information content (AvgIpc) is 1.64. The zero-order valence-electron chi connectivity index (χ0n) is 6.01. The summed E-state index contributed by atoms with van der Waals surface area (Å²) >= 11 is 0. The van der Waals surface area contributed by atoms with E-state index in [9.17, 15) is 4.79 Å². The fraction of sp³-hybridized carbons (Fsp3) is 0.667. The quantitative estimate of drug-likeness (QED) is 0.532. The van der Waals surface area contributed by atoms with Gasteiger partial charge in [0.1, 0.15) is 0 Å². The molecule has 0 aliphatic rings. The Bertz CT molecular complexity index is 138. The number of carbonyl (C=O) groups is 1. The van der Waals surface area contributed by atoms with Gasteiger partial charge in [0.25, 0.3) is 0 Å². The van der Waals surface area contributed by atoms with Crippen molar-refractivity contribution in [1.82, 2.24) is 0 Å². The monoisotopic (exact) mass is 128 g/mol. The summed E-state index contributed by atoms with van der Waals surface area (Å²) in [5, 5.41) is 0. The number of aliphatic imine (C=N–C) groups is 1. The first-order valence-electron chi connectivity index (χ1n) is 2.82. The van der Waals surface area contributed by atoms with Crippen LogP contribution in [-0.2, 0) is 4.79 Å². The molecule has 0 spiro atoms. The molecule has 0 heterocycles. The van der Waals surface area contributed by atoms with Crippen LogP contribution in [0.15, 0.2) is 4.99 Å². The van der Waals surface area contributed by atoms with Gasteiger partial charge in [0.2, 0.25) is 0 Å². The predicted octanol–water partition coefficient (Wildman–Crippen LogP) is -0.00660. The molecule has 0 aromatic rings. The summed E-state index contributed by atoms with van der Waals surface area (Å²) in [7, 11) is 1.57. The summed E-state index contributed by atoms with van der Waals surface area (Å²) in [6.45, 7) is 3.20. The predicted molar refractivity (Wildman–Crippen MR) is 37.7 cm³/mol. The molecular formula is C6H12N2O. The third-order valence-electron chi connectivity index (χ3n) is 1.03. The number of nitrogens with zero attached hydrogens (tertiary/aromatic N) is 1. The van der Waals surface area contributed by atoms with Crippen molar-refractivity contribution in [3.8, 4) is 0 Å². The number of nitrogens with two attached hydrogens (primary N) is 1. The highest BCUT2D eigenvalue weighted by Gasteiger charge is 2.08. The lowest BCUT2D eigenvalue weighted by Crippen LogP contribution is -2.31. The van der Waals surface area contributed by atoms with Crippen LogP contribution in [0.1, 0.15) is 13.8 Å². The van der Waals surface area contributed by atoms with Gasteiger partial charge >= 0.3 is 0 Å². The van der Waals surface area contributed by atoms with Crippen LogP contribution in [0.4, 0.5) is 0 Å². The van der Waals surface area contributed by atoms with Crippen molar-refractivity contribution in [3.63, 3.8) is 0 Å². The van der Waals surface area contributed by atoms with Gasteiger partial charge in [-0.15, -0.1) is 0 Å². The van der Waals surface area contributed by atoms with Crippen molar-refractivity contribution in [2.75, 3.05) is 7.05 Å². The van der Waals surface area contributed by atoms with Gasteiger partial charge in [0, 0.05) is 20.0 Å². The van der Waals surface area contributed by atoms with E-state index in [2.05, 4.69) is 4.99 Å². The van der Waals surface area contributed by atoms with Gasteiger partial charge in [-0.05, 0) is 6.92 Å². The molecule has 0 bridgehead atoms. The van der Waals surface area contributed by atoms with Gasteiger partial charge in [-0.3, -0.25) is 9.79 Å². The summed E-state index contributed by atoms with van der Waals surface area (Å²) in [6, 6.07) is -0.243. The maximum Gasteiger partial charge on any atom is 0.175 e. The summed E-state index contributed by atoms with van der Waals surface area (Å²) in [5.41, 5.74) is 5.85. The van der Waals surface area contributed by atoms with E-state index in [0.717, 1.165) is 0 Å². The molecule has 1 unspecified atom stereocenters. The van der Waals surface area contributed by atoms with Crippen LogP contribution >= 0.6 is 0 Å². The second-order valence-corrected chi connectivity index (χ2v) is 1.95. The van der Waals surface area contributed by atoms with Gasteiger partial charge in [0.15, 0.2) is 5.78 Å². The minimum Gasteiger partial charge on any atom is -0.323 e. The molecule has 0 aromatic heterocycles. The van der Waals surface area contributed by atoms with Crippen LogP contribution in [0, 0.1) is 0 Å². The molecule has 0 saturated heterocycles. The first kappa shape index (κ1) is 8.30. The Hall–Kier alpha value is -0.700. The molecule has 0 aromatic carbocycles. The fourth-order valence-electron chi connectivity index (χ4n) is 0.682. The number of carbonyl (C=O) groups excluding carboxylic acids is 1. The summed E-state index contributed by atoms with van der Waals surface area (Å²) in [5.74, 6) is -0.0486. The Labute approximate surface area is 55.0 Å². The summed E-state index contributed by atoms with van der Waals surface area (Å²) < 4.78 is 0. The molecular weight excluding hydrogens is 116 g/mol. The molecule has 0 radical (unpaired) electrons. The normalized spacial score (nSPS) is 15.3. The van der Waals surface area contributed by atoms with Crippen molar-refractivity contribution in [2.45, 2.75) is 19.9 Å². The average molecular weight is 128 g/mol. The highest BCUT2D eigenvalue weighted by atomic mass is 16.1. The van der Waals surface area contributed by atoms with E-state index in [4.69, 9.17) is 5.73 Å². The molecule has 3 nitrogen and oxygen atoms in total. The second-order valence-electron chi connectivity index (χ2n) is 1.95. The number of hydrogen-bond donors (Lipinski definition) is 1. The molecule has 9 heavy (non-hydrogen) atoms. The third-order valence-corrected chi connectivity index (χ3v) is 1.03. The minimum absolute atomic E-state index is 0.0486. The van der Waals surface area contributed by atoms with Gasteiger partial charge in [-0.2, -0.15) is 0 Å². The number of hydrogen-bond acceptors (Lipinski definition) is 3. The lowest BCUT2D eigenvalue weighted by molar-refractivity contribution is -0.111. The smallest absolute Gasteiger partial charge is 0.175 e. The van der Waals surface area contributed by atoms with Crippen LogP contribution in [0.2, 0.25) is 0 Å². The Balaban J connectivity index is 4.19. The molecule has 1 atom stereocenters. The van der Waals surface area contributed by atoms with Gasteiger partial charge in [0.05, 0.1) is 5.71 Å². The highest BCUT2D eigenvalue weighted by Crippen LogP contribution is 1.84. The first-order valence-corrected chi connectivity index (χ1v) is 2.82. The van der Waals surface area contributed by atoms with Crippen molar-refractivity contribution in [2.24, 2.45) is 10.7 Å². The van der Waals surface area contributed by atoms with Gasteiger partial charge in [-0.1, -0.05) is 0 Å². The molecule has 0 aliphatic carbocycles. The lowest BCUT2D eigenvalue weighted by Gasteiger charge is -2.03. The van der Waals surface area contributed by atoms with E-state index in [1.807, 2.05) is 0 Å². The summed E-state index contributed by atoms with van der Waals surface area (Å²) in [4.78, 5) is 14.3. The first-order chi connectivity index (χ1) is 4.09. The zero-order chi connectivity index (χ0) is 7.44. The van der Waals surface area contributed by atoms with E-state index in [-0.39, 0.29) is 11.8 Å². The van der Waals surface area contributed by atoms with E-state index < -0.39 is 0 Å². The number of Topliss-reactive ketones (excluding diaryl/α,β-unsaturated/α-hetero) is 1. The van der Waals surface area contributed by atoms with Crippen LogP contribution in [-0.4, -0.2) is 24.6 Å². The zero-order valence-corrected chi connectivity index (χ0v) is 6.01. The molecule has 0 amide bonds. The molecule has 0 saturated carbocycles. The van der Waals surface area contributed by atoms with Crippen LogP contribution in [0.25, 0.3) is 0 Å². The van der Waals surface area contributed by atoms with Crippen molar-refractivity contribution < 1.29 is 4.79 Å². The van der Waals surface area contributed by atoms with Crippen LogP contribution < -0.4 is 5.73 Å². The summed E-state index contributed by atoms with van der Waals surface area (Å²) in [6.07, 6.45) is 0. The minimum atomic E-state index is -0.243. The topological polar surface area (TPSA) is 55.5 Å². The Morgan fingerprint density at radius 3 is 2.11 bits per heavy atom. The van der Waals surface area contributed by atoms with E-state index in [0.29, 0.717) is 5.71 Å². The number of ketones is 1. The molecule has 0 fully saturated rings.